The molecule has 1 aromatic heterocycles. The Bertz CT molecular complexity index is 869. The van der Waals surface area contributed by atoms with Gasteiger partial charge >= 0.3 is 0 Å². The van der Waals surface area contributed by atoms with Crippen LogP contribution in [0.4, 0.5) is 4.39 Å². The van der Waals surface area contributed by atoms with Crippen LogP contribution in [0.25, 0.3) is 11.3 Å². The predicted octanol–water partition coefficient (Wildman–Crippen LogP) is 4.26. The van der Waals surface area contributed by atoms with Crippen molar-refractivity contribution in [2.45, 2.75) is 65.8 Å². The second-order valence-corrected chi connectivity index (χ2v) is 26.1. The molecule has 5 heteroatoms. The minimum atomic E-state index is -1.74. The van der Waals surface area contributed by atoms with E-state index in [1.807, 2.05) is 6.92 Å². The molecule has 1 heterocycles. The lowest BCUT2D eigenvalue weighted by atomic mass is 10.0. The van der Waals surface area contributed by atoms with E-state index < -0.39 is 24.2 Å². The number of aryl methyl sites for hydroxylation is 2. The van der Waals surface area contributed by atoms with Crippen molar-refractivity contribution < 1.29 is 8.96 Å². The van der Waals surface area contributed by atoms with Crippen molar-refractivity contribution in [3.8, 4) is 11.3 Å². The molecule has 27 heavy (non-hydrogen) atoms. The Labute approximate surface area is 168 Å². The fraction of sp³-hybridized carbons (Fsp3) is 0.500. The second kappa shape index (κ2) is 7.08. The molecule has 0 amide bonds. The highest BCUT2D eigenvalue weighted by Gasteiger charge is 2.32. The van der Waals surface area contributed by atoms with Crippen LogP contribution in [0.5, 0.6) is 0 Å². The molecule has 0 atom stereocenters. The highest BCUT2D eigenvalue weighted by Crippen LogP contribution is 2.22. The molecule has 0 saturated heterocycles. The van der Waals surface area contributed by atoms with Gasteiger partial charge in [-0.1, -0.05) is 58.9 Å². The van der Waals surface area contributed by atoms with Crippen molar-refractivity contribution in [2.24, 2.45) is 7.05 Å². The summed E-state index contributed by atoms with van der Waals surface area (Å²) in [6.45, 7) is 23.3. The zero-order chi connectivity index (χ0) is 20.9. The molecule has 0 saturated carbocycles. The first-order valence-electron chi connectivity index (χ1n) is 9.89. The molecule has 0 spiro atoms. The van der Waals surface area contributed by atoms with Crippen molar-refractivity contribution in [1.29, 1.82) is 0 Å². The maximum absolute atomic E-state index is 14.7. The van der Waals surface area contributed by atoms with Crippen LogP contribution in [0, 0.1) is 12.7 Å². The summed E-state index contributed by atoms with van der Waals surface area (Å²) >= 11 is 0. The average Bonchev–Trinajstić information content (AvgIpc) is 2.44. The van der Waals surface area contributed by atoms with Gasteiger partial charge in [0.25, 0.3) is 0 Å². The number of aromatic nitrogens is 1. The summed E-state index contributed by atoms with van der Waals surface area (Å²) in [4.78, 5) is 0. The van der Waals surface area contributed by atoms with Gasteiger partial charge < -0.3 is 0 Å². The Morgan fingerprint density at radius 3 is 1.63 bits per heavy atom. The topological polar surface area (TPSA) is 3.88 Å². The molecule has 0 fully saturated rings. The van der Waals surface area contributed by atoms with Gasteiger partial charge in [0.15, 0.2) is 6.20 Å². The fourth-order valence-corrected chi connectivity index (χ4v) is 10.2. The summed E-state index contributed by atoms with van der Waals surface area (Å²) in [5.41, 5.74) is 3.41. The molecular formula is C22H37FNSi3+. The number of nitrogens with zero attached hydrogens (tertiary/aromatic N) is 1. The number of halogens is 1. The molecule has 148 valence electrons. The molecule has 1 aromatic carbocycles. The van der Waals surface area contributed by atoms with Gasteiger partial charge in [0.05, 0.1) is 24.2 Å². The van der Waals surface area contributed by atoms with Gasteiger partial charge in [-0.2, -0.15) is 0 Å². The Morgan fingerprint density at radius 1 is 0.704 bits per heavy atom. The molecule has 1 nitrogen and oxygen atoms in total. The van der Waals surface area contributed by atoms with Crippen LogP contribution >= 0.6 is 0 Å². The van der Waals surface area contributed by atoms with E-state index in [2.05, 4.69) is 88.9 Å². The molecule has 0 aliphatic carbocycles. The van der Waals surface area contributed by atoms with Crippen LogP contribution < -0.4 is 20.1 Å². The zero-order valence-corrected chi connectivity index (χ0v) is 22.1. The monoisotopic (exact) mass is 418 g/mol. The van der Waals surface area contributed by atoms with E-state index in [1.54, 1.807) is 16.4 Å². The third-order valence-electron chi connectivity index (χ3n) is 5.29. The van der Waals surface area contributed by atoms with E-state index in [-0.39, 0.29) is 5.82 Å². The maximum Gasteiger partial charge on any atom is 0.212 e. The van der Waals surface area contributed by atoms with Gasteiger partial charge in [-0.05, 0) is 35.0 Å². The molecule has 0 aliphatic rings. The van der Waals surface area contributed by atoms with Crippen LogP contribution in [-0.2, 0) is 7.05 Å². The summed E-state index contributed by atoms with van der Waals surface area (Å²) in [5, 5.41) is 4.05. The van der Waals surface area contributed by atoms with Crippen molar-refractivity contribution in [3.05, 3.63) is 35.8 Å². The lowest BCUT2D eigenvalue weighted by molar-refractivity contribution is -0.659. The molecule has 0 bridgehead atoms. The SMILES string of the molecule is Cc1cc(F)c([Si](C)(C)C)cc1-c1cc([Si](C)(C)C)c([Si](C)(C)C)c[n+]1C. The average molecular weight is 419 g/mol. The van der Waals surface area contributed by atoms with E-state index in [0.29, 0.717) is 0 Å². The van der Waals surface area contributed by atoms with Crippen LogP contribution in [-0.4, -0.2) is 24.2 Å². The Hall–Kier alpha value is -1.05. The lowest BCUT2D eigenvalue weighted by Crippen LogP contribution is -2.59. The zero-order valence-electron chi connectivity index (χ0n) is 19.1. The number of rotatable bonds is 4. The molecule has 2 aromatic rings. The van der Waals surface area contributed by atoms with Gasteiger partial charge in [0.2, 0.25) is 5.69 Å². The summed E-state index contributed by atoms with van der Waals surface area (Å²) < 4.78 is 16.9. The highest BCUT2D eigenvalue weighted by molar-refractivity contribution is 6.98. The normalized spacial score (nSPS) is 13.2. The Morgan fingerprint density at radius 2 is 1.19 bits per heavy atom. The minimum Gasteiger partial charge on any atom is -0.207 e. The van der Waals surface area contributed by atoms with Gasteiger partial charge in [-0.15, -0.1) is 0 Å². The fourth-order valence-electron chi connectivity index (χ4n) is 3.66. The lowest BCUT2D eigenvalue weighted by Gasteiger charge is -2.27. The van der Waals surface area contributed by atoms with Crippen LogP contribution in [0.2, 0.25) is 58.9 Å². The number of benzene rings is 1. The van der Waals surface area contributed by atoms with Crippen molar-refractivity contribution >= 4 is 39.8 Å². The van der Waals surface area contributed by atoms with E-state index in [4.69, 9.17) is 0 Å². The summed E-state index contributed by atoms with van der Waals surface area (Å²) in [5.74, 6) is -0.0396. The van der Waals surface area contributed by atoms with E-state index in [9.17, 15) is 4.39 Å². The first kappa shape index (κ1) is 22.2. The predicted molar refractivity (Wildman–Crippen MR) is 127 cm³/mol. The first-order valence-corrected chi connectivity index (χ1v) is 20.4. The maximum atomic E-state index is 14.7. The van der Waals surface area contributed by atoms with Gasteiger partial charge in [0, 0.05) is 16.8 Å². The molecular weight excluding hydrogens is 382 g/mol. The molecule has 2 rings (SSSR count). The molecule has 0 aliphatic heterocycles. The van der Waals surface area contributed by atoms with Crippen molar-refractivity contribution in [2.75, 3.05) is 0 Å². The first-order chi connectivity index (χ1) is 12.0. The van der Waals surface area contributed by atoms with Crippen molar-refractivity contribution in [1.82, 2.24) is 0 Å². The third kappa shape index (κ3) is 4.69. The van der Waals surface area contributed by atoms with Crippen LogP contribution in [0.15, 0.2) is 24.4 Å². The van der Waals surface area contributed by atoms with Crippen LogP contribution in [0.1, 0.15) is 5.56 Å². The molecule has 0 N–H and O–H groups in total. The summed E-state index contributed by atoms with van der Waals surface area (Å²) in [7, 11) is -2.54. The molecule has 0 radical (unpaired) electrons. The molecule has 0 unspecified atom stereocenters. The van der Waals surface area contributed by atoms with E-state index >= 15 is 0 Å². The Balaban J connectivity index is 2.85. The smallest absolute Gasteiger partial charge is 0.207 e. The van der Waals surface area contributed by atoms with Gasteiger partial charge in [-0.3, -0.25) is 0 Å². The number of hydrogen-bond donors (Lipinski definition) is 0. The number of hydrogen-bond acceptors (Lipinski definition) is 0. The summed E-state index contributed by atoms with van der Waals surface area (Å²) in [6.07, 6.45) is 2.37. The quantitative estimate of drug-likeness (QED) is 0.516. The van der Waals surface area contributed by atoms with Crippen LogP contribution in [0.3, 0.4) is 0 Å². The Kier molecular flexibility index (Phi) is 5.84. The van der Waals surface area contributed by atoms with Gasteiger partial charge in [0.1, 0.15) is 12.9 Å². The largest absolute Gasteiger partial charge is 0.212 e. The highest BCUT2D eigenvalue weighted by atomic mass is 28.3. The van der Waals surface area contributed by atoms with Crippen molar-refractivity contribution in [3.63, 3.8) is 0 Å². The number of pyridine rings is 1. The van der Waals surface area contributed by atoms with Gasteiger partial charge in [-0.25, -0.2) is 8.96 Å². The second-order valence-electron chi connectivity index (χ2n) is 11.0. The third-order valence-corrected chi connectivity index (χ3v) is 11.6. The van der Waals surface area contributed by atoms with E-state index in [1.165, 1.54) is 11.3 Å². The minimum absolute atomic E-state index is 0.0396. The van der Waals surface area contributed by atoms with E-state index in [0.717, 1.165) is 10.8 Å². The standard InChI is InChI=1S/C22H37FNSi3/c1-16-12-18(23)20(25(3,4)5)13-17(16)19-14-21(26(6,7)8)22(15-24(19)2)27(9,10)11/h12-15H,1-11H3/q+1. The summed E-state index contributed by atoms with van der Waals surface area (Å²) in [6, 6.07) is 6.30.